The number of para-hydroxylation sites is 1. The number of alkyl halides is 2. The highest BCUT2D eigenvalue weighted by Crippen LogP contribution is 2.34. The number of rotatable bonds is 12. The van der Waals surface area contributed by atoms with Crippen molar-refractivity contribution in [2.45, 2.75) is 81.6 Å². The van der Waals surface area contributed by atoms with Crippen molar-refractivity contribution in [3.63, 3.8) is 0 Å². The number of imide groups is 1. The average Bonchev–Trinajstić information content (AvgIpc) is 3.91. The second kappa shape index (κ2) is 16.5. The van der Waals surface area contributed by atoms with E-state index in [1.807, 2.05) is 18.2 Å². The van der Waals surface area contributed by atoms with Crippen LogP contribution in [0.1, 0.15) is 51.0 Å². The van der Waals surface area contributed by atoms with Crippen LogP contribution >= 0.6 is 0 Å². The van der Waals surface area contributed by atoms with E-state index in [4.69, 9.17) is 15.6 Å². The highest BCUT2D eigenvalue weighted by atomic mass is 19.3. The summed E-state index contributed by atoms with van der Waals surface area (Å²) in [6.45, 7) is 3.69. The molecule has 8 rings (SSSR count). The summed E-state index contributed by atoms with van der Waals surface area (Å²) in [5.74, 6) is -0.468. The van der Waals surface area contributed by atoms with Crippen LogP contribution in [-0.2, 0) is 26.2 Å². The zero-order valence-electron chi connectivity index (χ0n) is 33.0. The van der Waals surface area contributed by atoms with Crippen molar-refractivity contribution in [2.24, 2.45) is 18.0 Å². The molecular weight excluding hydrogens is 767 g/mol. The number of halogens is 2. The summed E-state index contributed by atoms with van der Waals surface area (Å²) in [6, 6.07) is 5.42. The van der Waals surface area contributed by atoms with Gasteiger partial charge < -0.3 is 35.9 Å². The number of amidine groups is 1. The number of hydrogen-bond acceptors (Lipinski definition) is 13. The van der Waals surface area contributed by atoms with Crippen LogP contribution in [0.15, 0.2) is 63.6 Å². The Bertz CT molecular complexity index is 2230. The smallest absolute Gasteiger partial charge is 0.329 e. The monoisotopic (exact) mass is 816 g/mol. The SMILES string of the molecule is CN(C[C@H]1CC[C@H](N/C=C(\NC(=O)/C(C=N)=C2\N=C(N3C[C@H]4C[C@@H]3CO4)C=CN2)C(=N)C(F)F)CC1)C1CN(c2cccc3c2n(C)c(=O)n3C2CCC(=O)NC2=O)C1. The van der Waals surface area contributed by atoms with Crippen LogP contribution < -0.4 is 31.9 Å². The Morgan fingerprint density at radius 1 is 1.14 bits per heavy atom. The molecule has 4 saturated heterocycles. The maximum absolute atomic E-state index is 13.8. The normalized spacial score (nSPS) is 26.8. The van der Waals surface area contributed by atoms with Crippen molar-refractivity contribution in [1.29, 1.82) is 10.8 Å². The van der Waals surface area contributed by atoms with E-state index in [2.05, 4.69) is 48.0 Å². The molecule has 1 aromatic heterocycles. The first-order valence-corrected chi connectivity index (χ1v) is 20.2. The number of fused-ring (bicyclic) bond motifs is 3. The molecule has 5 fully saturated rings. The minimum Gasteiger partial charge on any atom is -0.386 e. The molecule has 6 N–H and O–H groups in total. The van der Waals surface area contributed by atoms with E-state index < -0.39 is 30.0 Å². The molecule has 3 amide bonds. The van der Waals surface area contributed by atoms with E-state index in [0.717, 1.165) is 69.2 Å². The van der Waals surface area contributed by atoms with Gasteiger partial charge in [-0.1, -0.05) is 6.07 Å². The first-order chi connectivity index (χ1) is 28.4. The molecule has 6 aliphatic rings. The Labute approximate surface area is 339 Å². The zero-order valence-corrected chi connectivity index (χ0v) is 33.0. The first kappa shape index (κ1) is 40.1. The van der Waals surface area contributed by atoms with E-state index in [0.29, 0.717) is 36.5 Å². The molecule has 19 heteroatoms. The molecule has 6 heterocycles. The predicted molar refractivity (Wildman–Crippen MR) is 216 cm³/mol. The predicted octanol–water partition coefficient (Wildman–Crippen LogP) is 1.68. The van der Waals surface area contributed by atoms with Crippen LogP contribution in [0.2, 0.25) is 0 Å². The lowest BCUT2D eigenvalue weighted by molar-refractivity contribution is -0.135. The second-order valence-corrected chi connectivity index (χ2v) is 16.3. The van der Waals surface area contributed by atoms with Crippen molar-refractivity contribution < 1.29 is 27.9 Å². The minimum absolute atomic E-state index is 0.0367. The van der Waals surface area contributed by atoms with Crippen molar-refractivity contribution in [3.05, 3.63) is 64.3 Å². The molecule has 1 aliphatic carbocycles. The number of benzene rings is 1. The summed E-state index contributed by atoms with van der Waals surface area (Å²) < 4.78 is 36.4. The van der Waals surface area contributed by atoms with Gasteiger partial charge in [0.05, 0.1) is 46.7 Å². The van der Waals surface area contributed by atoms with Crippen molar-refractivity contribution in [2.75, 3.05) is 44.7 Å². The molecule has 17 nitrogen and oxygen atoms in total. The highest BCUT2D eigenvalue weighted by molar-refractivity contribution is 6.15. The maximum Gasteiger partial charge on any atom is 0.329 e. The summed E-state index contributed by atoms with van der Waals surface area (Å²) in [5, 5.41) is 26.8. The number of aromatic nitrogens is 2. The molecule has 1 unspecified atom stereocenters. The van der Waals surface area contributed by atoms with Gasteiger partial charge >= 0.3 is 5.69 Å². The fourth-order valence-electron chi connectivity index (χ4n) is 9.19. The first-order valence-electron chi connectivity index (χ1n) is 20.2. The van der Waals surface area contributed by atoms with E-state index in [1.165, 1.54) is 10.8 Å². The van der Waals surface area contributed by atoms with Crippen LogP contribution in [0.25, 0.3) is 11.0 Å². The summed E-state index contributed by atoms with van der Waals surface area (Å²) in [4.78, 5) is 62.5. The molecule has 314 valence electrons. The topological polar surface area (TPSA) is 205 Å². The molecular formula is C40H50F2N12O5. The zero-order chi connectivity index (χ0) is 41.5. The largest absolute Gasteiger partial charge is 0.386 e. The van der Waals surface area contributed by atoms with Gasteiger partial charge in [0.1, 0.15) is 23.4 Å². The number of likely N-dealkylation sites (tertiary alicyclic amines) is 1. The number of nitrogens with zero attached hydrogens (tertiary/aromatic N) is 6. The number of carbonyl (C=O) groups is 3. The number of amides is 3. The number of imidazole rings is 1. The number of likely N-dealkylation sites (N-methyl/N-ethyl adjacent to an activating group) is 1. The summed E-state index contributed by atoms with van der Waals surface area (Å²) in [6.07, 6.45) is 7.22. The lowest BCUT2D eigenvalue weighted by Gasteiger charge is -2.47. The number of hydrogen-bond donors (Lipinski definition) is 6. The molecule has 2 aromatic rings. The lowest BCUT2D eigenvalue weighted by atomic mass is 9.85. The molecule has 0 radical (unpaired) electrons. The summed E-state index contributed by atoms with van der Waals surface area (Å²) in [5.41, 5.74) is 0.472. The fourth-order valence-corrected chi connectivity index (χ4v) is 9.19. The van der Waals surface area contributed by atoms with Gasteiger partial charge in [-0.2, -0.15) is 0 Å². The number of ether oxygens (including phenoxy) is 1. The Kier molecular flexibility index (Phi) is 11.2. The molecule has 2 bridgehead atoms. The van der Waals surface area contributed by atoms with Gasteiger partial charge in [0.2, 0.25) is 11.8 Å². The third-order valence-electron chi connectivity index (χ3n) is 12.6. The minimum atomic E-state index is -3.12. The van der Waals surface area contributed by atoms with Gasteiger partial charge in [-0.25, -0.2) is 18.6 Å². The van der Waals surface area contributed by atoms with Gasteiger partial charge in [0.15, 0.2) is 0 Å². The average molecular weight is 817 g/mol. The van der Waals surface area contributed by atoms with Gasteiger partial charge in [0, 0.05) is 70.3 Å². The van der Waals surface area contributed by atoms with Crippen LogP contribution in [0.3, 0.4) is 0 Å². The van der Waals surface area contributed by atoms with Crippen molar-refractivity contribution in [3.8, 4) is 0 Å². The molecule has 1 saturated carbocycles. The van der Waals surface area contributed by atoms with E-state index in [-0.39, 0.29) is 59.7 Å². The summed E-state index contributed by atoms with van der Waals surface area (Å²) >= 11 is 0. The Morgan fingerprint density at radius 3 is 2.59 bits per heavy atom. The number of aliphatic imine (C=N–C) groups is 1. The maximum atomic E-state index is 13.8. The third-order valence-corrected chi connectivity index (χ3v) is 12.6. The Morgan fingerprint density at radius 2 is 1.92 bits per heavy atom. The molecule has 59 heavy (non-hydrogen) atoms. The lowest BCUT2D eigenvalue weighted by Crippen LogP contribution is -2.59. The van der Waals surface area contributed by atoms with Crippen molar-refractivity contribution >= 4 is 52.2 Å². The second-order valence-electron chi connectivity index (χ2n) is 16.3. The van der Waals surface area contributed by atoms with Crippen LogP contribution in [0, 0.1) is 16.7 Å². The number of aryl methyl sites for hydroxylation is 1. The Hall–Kier alpha value is -5.69. The molecule has 3 atom stereocenters. The quantitative estimate of drug-likeness (QED) is 0.104. The number of morpholine rings is 1. The fraction of sp³-hybridized carbons (Fsp3) is 0.525. The highest BCUT2D eigenvalue weighted by Gasteiger charge is 2.41. The summed E-state index contributed by atoms with van der Waals surface area (Å²) in [7, 11) is 3.82. The number of allylic oxidation sites excluding steroid dienone is 1. The van der Waals surface area contributed by atoms with Crippen LogP contribution in [0.5, 0.6) is 0 Å². The third kappa shape index (κ3) is 7.92. The van der Waals surface area contributed by atoms with E-state index >= 15 is 0 Å². The van der Waals surface area contributed by atoms with Gasteiger partial charge in [0.25, 0.3) is 12.3 Å². The molecule has 1 aromatic carbocycles. The van der Waals surface area contributed by atoms with Gasteiger partial charge in [-0.3, -0.25) is 39.1 Å². The van der Waals surface area contributed by atoms with Gasteiger partial charge in [-0.15, -0.1) is 0 Å². The van der Waals surface area contributed by atoms with E-state index in [1.54, 1.807) is 23.9 Å². The van der Waals surface area contributed by atoms with Crippen LogP contribution in [0.4, 0.5) is 14.5 Å². The number of carbonyl (C=O) groups excluding carboxylic acids is 3. The standard InChI is InChI=1S/C40H50F2N12O5/c1-50(25-18-52(19-25)29-4-3-5-30-35(29)51(2)40(58)54(30)31-10-11-33(55)49-39(31)57)17-22-6-8-23(9-7-22)46-16-28(34(44)36(41)42)47-38(56)27(15-43)37-45-13-12-32(48-37)53-20-26-14-24(53)21-59-26/h3-5,12-13,15-16,22-26,31,36,43-46H,6-11,14,17-21H2,1-2H3,(H,47,56)(H,49,55,57)/b28-16-,37-27-,43-15?,44-34?/t22-,23-,24-,26-,31?/m1/s1. The van der Waals surface area contributed by atoms with Gasteiger partial charge in [-0.05, 0) is 69.7 Å². The van der Waals surface area contributed by atoms with E-state index in [9.17, 15) is 28.0 Å². The van der Waals surface area contributed by atoms with Crippen molar-refractivity contribution in [1.82, 2.24) is 40.2 Å². The molecule has 0 spiro atoms. The number of piperidine rings is 1. The molecule has 5 aliphatic heterocycles. The van der Waals surface area contributed by atoms with Crippen LogP contribution in [-0.4, -0.2) is 125 Å². The number of nitrogens with one attached hydrogen (secondary N) is 6. The Balaban J connectivity index is 0.847. The number of anilines is 1.